The normalized spacial score (nSPS) is 13.5. The van der Waals surface area contributed by atoms with Crippen LogP contribution in [0.25, 0.3) is 22.4 Å². The summed E-state index contributed by atoms with van der Waals surface area (Å²) in [6, 6.07) is 13.0. The summed E-state index contributed by atoms with van der Waals surface area (Å²) >= 11 is 0. The average Bonchev–Trinajstić information content (AvgIpc) is 3.01. The van der Waals surface area contributed by atoms with Gasteiger partial charge in [0.05, 0.1) is 11.0 Å². The van der Waals surface area contributed by atoms with E-state index in [1.54, 1.807) is 0 Å². The second-order valence-electron chi connectivity index (χ2n) is 5.54. The van der Waals surface area contributed by atoms with E-state index in [4.69, 9.17) is 4.98 Å². The van der Waals surface area contributed by atoms with E-state index in [-0.39, 0.29) is 0 Å². The standard InChI is InChI=1S/C17H17N3/c1-11-4-3-5-13(8-11)17-19-15-10-14-12(6-7-18-14)9-16(15)20(17)2/h3-5,8-10,18H,6-7H2,1-2H3. The molecule has 3 heteroatoms. The minimum atomic E-state index is 1.03. The zero-order chi connectivity index (χ0) is 13.7. The summed E-state index contributed by atoms with van der Waals surface area (Å²) in [5.41, 5.74) is 7.36. The fraction of sp³-hybridized carbons (Fsp3) is 0.235. The van der Waals surface area contributed by atoms with Crippen LogP contribution in [0.5, 0.6) is 0 Å². The number of aryl methyl sites for hydroxylation is 2. The second kappa shape index (κ2) is 4.10. The molecule has 2 heterocycles. The van der Waals surface area contributed by atoms with Crippen LogP contribution in [0.4, 0.5) is 5.69 Å². The van der Waals surface area contributed by atoms with Crippen LogP contribution in [0.15, 0.2) is 36.4 Å². The lowest BCUT2D eigenvalue weighted by molar-refractivity contribution is 0.957. The van der Waals surface area contributed by atoms with Gasteiger partial charge in [-0.25, -0.2) is 4.98 Å². The van der Waals surface area contributed by atoms with Gasteiger partial charge >= 0.3 is 0 Å². The van der Waals surface area contributed by atoms with Gasteiger partial charge in [0, 0.05) is 24.8 Å². The molecule has 1 aromatic heterocycles. The number of fused-ring (bicyclic) bond motifs is 2. The molecule has 0 radical (unpaired) electrons. The number of hydrogen-bond acceptors (Lipinski definition) is 2. The van der Waals surface area contributed by atoms with Crippen molar-refractivity contribution in [1.82, 2.24) is 9.55 Å². The molecule has 3 aromatic rings. The molecule has 1 N–H and O–H groups in total. The van der Waals surface area contributed by atoms with Crippen LogP contribution in [0.3, 0.4) is 0 Å². The molecule has 2 aromatic carbocycles. The zero-order valence-corrected chi connectivity index (χ0v) is 11.8. The summed E-state index contributed by atoms with van der Waals surface area (Å²) in [6.45, 7) is 3.15. The molecule has 4 rings (SSSR count). The van der Waals surface area contributed by atoms with Crippen molar-refractivity contribution in [2.75, 3.05) is 11.9 Å². The minimum Gasteiger partial charge on any atom is -0.384 e. The lowest BCUT2D eigenvalue weighted by Gasteiger charge is -2.04. The van der Waals surface area contributed by atoms with E-state index in [0.29, 0.717) is 0 Å². The second-order valence-corrected chi connectivity index (χ2v) is 5.54. The quantitative estimate of drug-likeness (QED) is 0.728. The molecule has 3 nitrogen and oxygen atoms in total. The summed E-state index contributed by atoms with van der Waals surface area (Å²) in [4.78, 5) is 4.82. The van der Waals surface area contributed by atoms with Crippen LogP contribution in [-0.2, 0) is 13.5 Å². The van der Waals surface area contributed by atoms with E-state index < -0.39 is 0 Å². The zero-order valence-electron chi connectivity index (χ0n) is 11.8. The number of imidazole rings is 1. The summed E-state index contributed by atoms with van der Waals surface area (Å²) < 4.78 is 2.20. The lowest BCUT2D eigenvalue weighted by atomic mass is 10.1. The molecule has 0 atom stereocenters. The molecule has 0 amide bonds. The maximum atomic E-state index is 4.82. The molecule has 1 aliphatic heterocycles. The van der Waals surface area contributed by atoms with Crippen molar-refractivity contribution in [3.8, 4) is 11.4 Å². The monoisotopic (exact) mass is 263 g/mol. The van der Waals surface area contributed by atoms with Gasteiger partial charge in [0.15, 0.2) is 0 Å². The third-order valence-electron chi connectivity index (χ3n) is 4.09. The maximum absolute atomic E-state index is 4.82. The highest BCUT2D eigenvalue weighted by molar-refractivity contribution is 5.86. The van der Waals surface area contributed by atoms with E-state index in [0.717, 1.165) is 24.3 Å². The molecule has 0 saturated carbocycles. The molecular weight excluding hydrogens is 246 g/mol. The highest BCUT2D eigenvalue weighted by Gasteiger charge is 2.16. The number of nitrogens with one attached hydrogen (secondary N) is 1. The van der Waals surface area contributed by atoms with E-state index in [1.807, 2.05) is 0 Å². The molecule has 0 bridgehead atoms. The molecule has 0 unspecified atom stereocenters. The van der Waals surface area contributed by atoms with Crippen molar-refractivity contribution >= 4 is 16.7 Å². The Morgan fingerprint density at radius 2 is 2.10 bits per heavy atom. The molecule has 1 aliphatic rings. The van der Waals surface area contributed by atoms with Gasteiger partial charge in [0.2, 0.25) is 0 Å². The van der Waals surface area contributed by atoms with Crippen molar-refractivity contribution in [3.05, 3.63) is 47.5 Å². The highest BCUT2D eigenvalue weighted by Crippen LogP contribution is 2.30. The minimum absolute atomic E-state index is 1.03. The summed E-state index contributed by atoms with van der Waals surface area (Å²) in [5, 5.41) is 3.42. The first-order valence-corrected chi connectivity index (χ1v) is 7.02. The number of rotatable bonds is 1. The van der Waals surface area contributed by atoms with Crippen LogP contribution in [0, 0.1) is 6.92 Å². The Bertz CT molecular complexity index is 814. The van der Waals surface area contributed by atoms with Crippen LogP contribution in [0.1, 0.15) is 11.1 Å². The number of hydrogen-bond donors (Lipinski definition) is 1. The van der Waals surface area contributed by atoms with Gasteiger partial charge < -0.3 is 9.88 Å². The van der Waals surface area contributed by atoms with E-state index >= 15 is 0 Å². The van der Waals surface area contributed by atoms with Gasteiger partial charge in [0.1, 0.15) is 5.82 Å². The number of benzene rings is 2. The first-order chi connectivity index (χ1) is 9.72. The van der Waals surface area contributed by atoms with Gasteiger partial charge in [-0.2, -0.15) is 0 Å². The van der Waals surface area contributed by atoms with E-state index in [1.165, 1.54) is 27.9 Å². The van der Waals surface area contributed by atoms with Crippen LogP contribution >= 0.6 is 0 Å². The van der Waals surface area contributed by atoms with Gasteiger partial charge in [-0.05, 0) is 37.1 Å². The van der Waals surface area contributed by atoms with Gasteiger partial charge in [-0.15, -0.1) is 0 Å². The largest absolute Gasteiger partial charge is 0.384 e. The molecule has 0 fully saturated rings. The molecule has 0 aliphatic carbocycles. The Hall–Kier alpha value is -2.29. The van der Waals surface area contributed by atoms with E-state index in [2.05, 4.69) is 60.3 Å². The Balaban J connectivity index is 1.95. The molecule has 0 spiro atoms. The smallest absolute Gasteiger partial charge is 0.140 e. The van der Waals surface area contributed by atoms with Crippen molar-refractivity contribution in [3.63, 3.8) is 0 Å². The fourth-order valence-corrected chi connectivity index (χ4v) is 3.03. The van der Waals surface area contributed by atoms with Gasteiger partial charge in [0.25, 0.3) is 0 Å². The molecule has 100 valence electrons. The summed E-state index contributed by atoms with van der Waals surface area (Å²) in [7, 11) is 2.10. The Morgan fingerprint density at radius 3 is 2.95 bits per heavy atom. The number of nitrogens with zero attached hydrogens (tertiary/aromatic N) is 2. The lowest BCUT2D eigenvalue weighted by Crippen LogP contribution is -1.93. The first kappa shape index (κ1) is 11.5. The fourth-order valence-electron chi connectivity index (χ4n) is 3.03. The van der Waals surface area contributed by atoms with Gasteiger partial charge in [-0.3, -0.25) is 0 Å². The Kier molecular flexibility index (Phi) is 2.36. The maximum Gasteiger partial charge on any atom is 0.140 e. The van der Waals surface area contributed by atoms with Crippen molar-refractivity contribution in [2.45, 2.75) is 13.3 Å². The van der Waals surface area contributed by atoms with Crippen LogP contribution < -0.4 is 5.32 Å². The van der Waals surface area contributed by atoms with Crippen molar-refractivity contribution < 1.29 is 0 Å². The molecular formula is C17H17N3. The highest BCUT2D eigenvalue weighted by atomic mass is 15.1. The Labute approximate surface area is 118 Å². The number of aromatic nitrogens is 2. The van der Waals surface area contributed by atoms with Crippen molar-refractivity contribution in [1.29, 1.82) is 0 Å². The first-order valence-electron chi connectivity index (χ1n) is 7.02. The SMILES string of the molecule is Cc1cccc(-c2nc3cc4c(cc3n2C)CCN4)c1. The number of anilines is 1. The van der Waals surface area contributed by atoms with Crippen LogP contribution in [0.2, 0.25) is 0 Å². The predicted molar refractivity (Wildman–Crippen MR) is 83.1 cm³/mol. The van der Waals surface area contributed by atoms with Crippen LogP contribution in [-0.4, -0.2) is 16.1 Å². The van der Waals surface area contributed by atoms with Gasteiger partial charge in [-0.1, -0.05) is 23.8 Å². The summed E-state index contributed by atoms with van der Waals surface area (Å²) in [6.07, 6.45) is 1.11. The average molecular weight is 263 g/mol. The van der Waals surface area contributed by atoms with E-state index in [9.17, 15) is 0 Å². The Morgan fingerprint density at radius 1 is 1.20 bits per heavy atom. The third-order valence-corrected chi connectivity index (χ3v) is 4.09. The summed E-state index contributed by atoms with van der Waals surface area (Å²) in [5.74, 6) is 1.03. The topological polar surface area (TPSA) is 29.9 Å². The van der Waals surface area contributed by atoms with Crippen molar-refractivity contribution in [2.24, 2.45) is 7.05 Å². The third kappa shape index (κ3) is 1.63. The molecule has 0 saturated heterocycles. The predicted octanol–water partition coefficient (Wildman–Crippen LogP) is 3.52. The molecule has 20 heavy (non-hydrogen) atoms.